The van der Waals surface area contributed by atoms with Gasteiger partial charge in [-0.05, 0) is 50.5 Å². The molecule has 0 atom stereocenters. The molecule has 1 aliphatic carbocycles. The second-order valence-corrected chi connectivity index (χ2v) is 4.95. The van der Waals surface area contributed by atoms with Gasteiger partial charge < -0.3 is 10.0 Å². The molecule has 0 spiro atoms. The zero-order chi connectivity index (χ0) is 13.4. The summed E-state index contributed by atoms with van der Waals surface area (Å²) in [4.78, 5) is 11.2. The van der Waals surface area contributed by atoms with Gasteiger partial charge >= 0.3 is 0 Å². The molecule has 1 heterocycles. The Morgan fingerprint density at radius 3 is 2.58 bits per heavy atom. The lowest BCUT2D eigenvalue weighted by atomic mass is 10.2. The molecule has 3 rings (SSSR count). The fourth-order valence-corrected chi connectivity index (χ4v) is 2.61. The van der Waals surface area contributed by atoms with Crippen molar-refractivity contribution in [3.05, 3.63) is 41.3 Å². The van der Waals surface area contributed by atoms with Crippen LogP contribution in [0.4, 0.5) is 11.5 Å². The van der Waals surface area contributed by atoms with Crippen LogP contribution < -0.4 is 4.90 Å². The Kier molecular flexibility index (Phi) is 2.85. The van der Waals surface area contributed by atoms with E-state index in [1.54, 1.807) is 12.1 Å². The van der Waals surface area contributed by atoms with Gasteiger partial charge in [-0.2, -0.15) is 0 Å². The van der Waals surface area contributed by atoms with Crippen molar-refractivity contribution in [2.75, 3.05) is 11.9 Å². The van der Waals surface area contributed by atoms with Crippen molar-refractivity contribution < 1.29 is 5.11 Å². The van der Waals surface area contributed by atoms with Gasteiger partial charge in [0.1, 0.15) is 17.4 Å². The van der Waals surface area contributed by atoms with Crippen LogP contribution in [0.3, 0.4) is 0 Å². The number of phenols is 1. The summed E-state index contributed by atoms with van der Waals surface area (Å²) in [7, 11) is 2.01. The number of hydrogen-bond donors (Lipinski definition) is 1. The monoisotopic (exact) mass is 255 g/mol. The summed E-state index contributed by atoms with van der Waals surface area (Å²) in [6, 6.07) is 7.18. The Bertz CT molecular complexity index is 608. The van der Waals surface area contributed by atoms with Gasteiger partial charge in [-0.1, -0.05) is 0 Å². The van der Waals surface area contributed by atoms with Gasteiger partial charge in [-0.15, -0.1) is 0 Å². The van der Waals surface area contributed by atoms with Crippen LogP contribution in [0.2, 0.25) is 0 Å². The molecule has 4 heteroatoms. The van der Waals surface area contributed by atoms with Crippen LogP contribution in [0.25, 0.3) is 0 Å². The third-order valence-corrected chi connectivity index (χ3v) is 3.58. The number of phenolic OH excluding ortho intramolecular Hbond substituents is 1. The molecule has 0 fully saturated rings. The summed E-state index contributed by atoms with van der Waals surface area (Å²) in [5.41, 5.74) is 3.47. The molecule has 1 aromatic carbocycles. The maximum atomic E-state index is 9.36. The molecule has 0 saturated heterocycles. The summed E-state index contributed by atoms with van der Waals surface area (Å²) < 4.78 is 0. The van der Waals surface area contributed by atoms with Crippen LogP contribution in [0.5, 0.6) is 5.75 Å². The van der Waals surface area contributed by atoms with E-state index >= 15 is 0 Å². The summed E-state index contributed by atoms with van der Waals surface area (Å²) in [5, 5.41) is 9.36. The Hall–Kier alpha value is -2.10. The molecule has 98 valence electrons. The SMILES string of the molecule is Cc1nc2c(c(N(C)c3ccc(O)cc3)n1)CCC2. The summed E-state index contributed by atoms with van der Waals surface area (Å²) in [6.07, 6.45) is 3.26. The van der Waals surface area contributed by atoms with Crippen LogP contribution in [0.1, 0.15) is 23.5 Å². The molecule has 0 aliphatic heterocycles. The number of fused-ring (bicyclic) bond motifs is 1. The third kappa shape index (κ3) is 2.14. The highest BCUT2D eigenvalue weighted by Gasteiger charge is 2.21. The van der Waals surface area contributed by atoms with Gasteiger partial charge in [0.2, 0.25) is 0 Å². The van der Waals surface area contributed by atoms with Crippen LogP contribution in [0, 0.1) is 6.92 Å². The zero-order valence-corrected chi connectivity index (χ0v) is 11.2. The van der Waals surface area contributed by atoms with Gasteiger partial charge in [0.25, 0.3) is 0 Å². The minimum Gasteiger partial charge on any atom is -0.508 e. The van der Waals surface area contributed by atoms with Gasteiger partial charge in [0, 0.05) is 24.0 Å². The molecule has 0 unspecified atom stereocenters. The van der Waals surface area contributed by atoms with Gasteiger partial charge in [-0.3, -0.25) is 0 Å². The molecule has 4 nitrogen and oxygen atoms in total. The lowest BCUT2D eigenvalue weighted by Crippen LogP contribution is -2.15. The lowest BCUT2D eigenvalue weighted by molar-refractivity contribution is 0.475. The summed E-state index contributed by atoms with van der Waals surface area (Å²) in [5.74, 6) is 2.09. The highest BCUT2D eigenvalue weighted by molar-refractivity contribution is 5.64. The molecule has 0 radical (unpaired) electrons. The van der Waals surface area contributed by atoms with Gasteiger partial charge in [-0.25, -0.2) is 9.97 Å². The van der Waals surface area contributed by atoms with Crippen molar-refractivity contribution in [1.29, 1.82) is 0 Å². The molecule has 19 heavy (non-hydrogen) atoms. The van der Waals surface area contributed by atoms with Crippen LogP contribution in [-0.2, 0) is 12.8 Å². The highest BCUT2D eigenvalue weighted by atomic mass is 16.3. The van der Waals surface area contributed by atoms with E-state index in [-0.39, 0.29) is 5.75 Å². The Labute approximate surface area is 112 Å². The van der Waals surface area contributed by atoms with Crippen molar-refractivity contribution in [2.45, 2.75) is 26.2 Å². The molecule has 0 bridgehead atoms. The normalized spacial score (nSPS) is 13.4. The molecular formula is C15H17N3O. The average molecular weight is 255 g/mol. The molecule has 1 aromatic heterocycles. The Balaban J connectivity index is 2.04. The van der Waals surface area contributed by atoms with Crippen LogP contribution in [-0.4, -0.2) is 22.1 Å². The lowest BCUT2D eigenvalue weighted by Gasteiger charge is -2.21. The maximum Gasteiger partial charge on any atom is 0.139 e. The first-order chi connectivity index (χ1) is 9.15. The van der Waals surface area contributed by atoms with Crippen LogP contribution in [0.15, 0.2) is 24.3 Å². The zero-order valence-electron chi connectivity index (χ0n) is 11.2. The van der Waals surface area contributed by atoms with Crippen LogP contribution >= 0.6 is 0 Å². The van der Waals surface area contributed by atoms with Crippen molar-refractivity contribution in [1.82, 2.24) is 9.97 Å². The fourth-order valence-electron chi connectivity index (χ4n) is 2.61. The first-order valence-electron chi connectivity index (χ1n) is 6.54. The maximum absolute atomic E-state index is 9.36. The Morgan fingerprint density at radius 2 is 1.84 bits per heavy atom. The number of anilines is 2. The topological polar surface area (TPSA) is 49.2 Å². The number of hydrogen-bond acceptors (Lipinski definition) is 4. The second kappa shape index (κ2) is 4.53. The first kappa shape index (κ1) is 12.0. The third-order valence-electron chi connectivity index (χ3n) is 3.58. The molecular weight excluding hydrogens is 238 g/mol. The largest absolute Gasteiger partial charge is 0.508 e. The predicted molar refractivity (Wildman–Crippen MR) is 75.0 cm³/mol. The smallest absolute Gasteiger partial charge is 0.139 e. The van der Waals surface area contributed by atoms with E-state index < -0.39 is 0 Å². The van der Waals surface area contributed by atoms with Crippen molar-refractivity contribution >= 4 is 11.5 Å². The minimum absolute atomic E-state index is 0.279. The quantitative estimate of drug-likeness (QED) is 0.896. The standard InChI is InChI=1S/C15H17N3O/c1-10-16-14-5-3-4-13(14)15(17-10)18(2)11-6-8-12(19)9-7-11/h6-9,19H,3-5H2,1-2H3. The van der Waals surface area contributed by atoms with E-state index in [0.717, 1.165) is 36.6 Å². The van der Waals surface area contributed by atoms with E-state index in [1.807, 2.05) is 26.1 Å². The number of aryl methyl sites for hydroxylation is 2. The van der Waals surface area contributed by atoms with Crippen molar-refractivity contribution in [3.63, 3.8) is 0 Å². The number of nitrogens with zero attached hydrogens (tertiary/aromatic N) is 3. The van der Waals surface area contributed by atoms with Gasteiger partial charge in [0.05, 0.1) is 0 Å². The molecule has 0 amide bonds. The fraction of sp³-hybridized carbons (Fsp3) is 0.333. The number of rotatable bonds is 2. The minimum atomic E-state index is 0.279. The van der Waals surface area contributed by atoms with E-state index in [0.29, 0.717) is 0 Å². The average Bonchev–Trinajstić information content (AvgIpc) is 2.85. The van der Waals surface area contributed by atoms with Crippen molar-refractivity contribution in [3.8, 4) is 5.75 Å². The number of benzene rings is 1. The number of aromatic nitrogens is 2. The first-order valence-corrected chi connectivity index (χ1v) is 6.54. The van der Waals surface area contributed by atoms with Crippen molar-refractivity contribution in [2.24, 2.45) is 0 Å². The molecule has 1 aliphatic rings. The second-order valence-electron chi connectivity index (χ2n) is 4.95. The predicted octanol–water partition coefficient (Wildman–Crippen LogP) is 2.75. The van der Waals surface area contributed by atoms with E-state index in [4.69, 9.17) is 0 Å². The van der Waals surface area contributed by atoms with Gasteiger partial charge in [0.15, 0.2) is 0 Å². The number of aromatic hydroxyl groups is 1. The summed E-state index contributed by atoms with van der Waals surface area (Å²) in [6.45, 7) is 1.94. The van der Waals surface area contributed by atoms with E-state index in [2.05, 4.69) is 14.9 Å². The molecule has 1 N–H and O–H groups in total. The Morgan fingerprint density at radius 1 is 1.11 bits per heavy atom. The molecule has 2 aromatic rings. The van der Waals surface area contributed by atoms with E-state index in [9.17, 15) is 5.11 Å². The highest BCUT2D eigenvalue weighted by Crippen LogP contribution is 2.32. The van der Waals surface area contributed by atoms with E-state index in [1.165, 1.54) is 11.3 Å². The molecule has 0 saturated carbocycles. The summed E-state index contributed by atoms with van der Waals surface area (Å²) >= 11 is 0.